The van der Waals surface area contributed by atoms with Crippen molar-refractivity contribution < 1.29 is 9.18 Å². The Morgan fingerprint density at radius 3 is 2.73 bits per heavy atom. The number of aromatic amines is 1. The van der Waals surface area contributed by atoms with Gasteiger partial charge in [0.1, 0.15) is 17.4 Å². The number of benzene rings is 1. The van der Waals surface area contributed by atoms with E-state index in [0.717, 1.165) is 0 Å². The fourth-order valence-electron chi connectivity index (χ4n) is 2.93. The van der Waals surface area contributed by atoms with Gasteiger partial charge in [-0.05, 0) is 18.1 Å². The zero-order valence-electron chi connectivity index (χ0n) is 14.6. The molecule has 7 heteroatoms. The Hall–Kier alpha value is -3.27. The van der Waals surface area contributed by atoms with Crippen molar-refractivity contribution in [3.63, 3.8) is 0 Å². The summed E-state index contributed by atoms with van der Waals surface area (Å²) >= 11 is 0. The molecule has 132 valence electrons. The van der Waals surface area contributed by atoms with Crippen LogP contribution >= 0.6 is 0 Å². The van der Waals surface area contributed by atoms with Gasteiger partial charge in [-0.25, -0.2) is 13.9 Å². The Kier molecular flexibility index (Phi) is 4.43. The molecule has 2 heterocycles. The van der Waals surface area contributed by atoms with E-state index in [1.54, 1.807) is 13.0 Å². The summed E-state index contributed by atoms with van der Waals surface area (Å²) in [6, 6.07) is 6.18. The highest BCUT2D eigenvalue weighted by Gasteiger charge is 2.21. The van der Waals surface area contributed by atoms with Gasteiger partial charge in [-0.15, -0.1) is 0 Å². The predicted molar refractivity (Wildman–Crippen MR) is 94.6 cm³/mol. The first-order valence-electron chi connectivity index (χ1n) is 8.26. The lowest BCUT2D eigenvalue weighted by Crippen LogP contribution is -2.22. The zero-order chi connectivity index (χ0) is 19.0. The van der Waals surface area contributed by atoms with Gasteiger partial charge in [0, 0.05) is 23.7 Å². The smallest absolute Gasteiger partial charge is 0.276 e. The topological polar surface area (TPSA) is 91.0 Å². The van der Waals surface area contributed by atoms with E-state index in [1.807, 2.05) is 19.9 Å². The molecule has 0 atom stereocenters. The highest BCUT2D eigenvalue weighted by atomic mass is 19.1. The van der Waals surface area contributed by atoms with Gasteiger partial charge in [-0.3, -0.25) is 14.7 Å². The molecule has 0 aliphatic carbocycles. The number of halogens is 1. The van der Waals surface area contributed by atoms with E-state index < -0.39 is 5.82 Å². The van der Waals surface area contributed by atoms with Crippen LogP contribution in [-0.4, -0.2) is 20.4 Å². The molecule has 0 amide bonds. The van der Waals surface area contributed by atoms with Gasteiger partial charge < -0.3 is 0 Å². The summed E-state index contributed by atoms with van der Waals surface area (Å²) in [6.07, 6.45) is 1.61. The molecule has 0 unspecified atom stereocenters. The van der Waals surface area contributed by atoms with E-state index in [9.17, 15) is 19.2 Å². The number of hydrogen-bond acceptors (Lipinski definition) is 4. The van der Waals surface area contributed by atoms with Crippen LogP contribution in [0.25, 0.3) is 16.9 Å². The van der Waals surface area contributed by atoms with Crippen LogP contribution in [0.3, 0.4) is 0 Å². The van der Waals surface area contributed by atoms with Crippen molar-refractivity contribution >= 4 is 11.4 Å². The highest BCUT2D eigenvalue weighted by Crippen LogP contribution is 2.27. The predicted octanol–water partition coefficient (Wildman–Crippen LogP) is 3.42. The molecule has 0 saturated heterocycles. The van der Waals surface area contributed by atoms with Crippen molar-refractivity contribution in [3.8, 4) is 17.3 Å². The number of carbonyl (C=O) groups excluding carboxylic acids is 1. The van der Waals surface area contributed by atoms with Crippen LogP contribution in [0.4, 0.5) is 4.39 Å². The summed E-state index contributed by atoms with van der Waals surface area (Å²) in [5.41, 5.74) is 1.19. The van der Waals surface area contributed by atoms with Crippen molar-refractivity contribution in [2.75, 3.05) is 0 Å². The number of hydrogen-bond donors (Lipinski definition) is 1. The number of Topliss-reactive ketones (excluding diaryl/α,β-unsaturated/α-hetero) is 1. The monoisotopic (exact) mass is 352 g/mol. The molecule has 0 bridgehead atoms. The first-order chi connectivity index (χ1) is 12.4. The molecule has 0 aliphatic rings. The average Bonchev–Trinajstić information content (AvgIpc) is 3.03. The number of aromatic nitrogens is 3. The Balaban J connectivity index is 2.32. The van der Waals surface area contributed by atoms with Gasteiger partial charge >= 0.3 is 0 Å². The quantitative estimate of drug-likeness (QED) is 0.728. The summed E-state index contributed by atoms with van der Waals surface area (Å²) in [7, 11) is 0. The lowest BCUT2D eigenvalue weighted by atomic mass is 9.96. The minimum Gasteiger partial charge on any atom is -0.295 e. The van der Waals surface area contributed by atoms with Gasteiger partial charge in [-0.1, -0.05) is 26.8 Å². The molecule has 0 saturated carbocycles. The first-order valence-corrected chi connectivity index (χ1v) is 8.26. The van der Waals surface area contributed by atoms with Crippen molar-refractivity contribution in [2.45, 2.75) is 33.1 Å². The number of nitriles is 1. The van der Waals surface area contributed by atoms with Gasteiger partial charge in [0.15, 0.2) is 11.4 Å². The van der Waals surface area contributed by atoms with Crippen LogP contribution in [0.5, 0.6) is 0 Å². The molecule has 3 rings (SSSR count). The Morgan fingerprint density at radius 2 is 2.15 bits per heavy atom. The Labute approximate surface area is 148 Å². The summed E-state index contributed by atoms with van der Waals surface area (Å²) in [5.74, 6) is -1.12. The molecule has 1 aromatic carbocycles. The molecule has 1 N–H and O–H groups in total. The first kappa shape index (κ1) is 17.5. The molecule has 2 aromatic heterocycles. The molecule has 6 nitrogen and oxygen atoms in total. The number of nitrogens with zero attached hydrogens (tertiary/aromatic N) is 3. The van der Waals surface area contributed by atoms with Crippen molar-refractivity contribution in [1.29, 1.82) is 5.26 Å². The van der Waals surface area contributed by atoms with Crippen molar-refractivity contribution in [3.05, 3.63) is 57.3 Å². The summed E-state index contributed by atoms with van der Waals surface area (Å²) in [6.45, 7) is 5.35. The second-order valence-electron chi connectivity index (χ2n) is 6.26. The molecular weight excluding hydrogens is 335 g/mol. The number of ketones is 1. The lowest BCUT2D eigenvalue weighted by molar-refractivity contribution is 0.0984. The SMILES string of the molecule is CCC(=O)c1ccc(-c2nc3c(C#N)c[nH]n3c(=O)c2C(C)C)cc1F. The van der Waals surface area contributed by atoms with Crippen LogP contribution in [0.2, 0.25) is 0 Å². The second kappa shape index (κ2) is 6.56. The van der Waals surface area contributed by atoms with E-state index >= 15 is 0 Å². The van der Waals surface area contributed by atoms with Gasteiger partial charge in [0.2, 0.25) is 0 Å². The molecule has 0 aliphatic heterocycles. The van der Waals surface area contributed by atoms with Crippen LogP contribution in [0, 0.1) is 17.1 Å². The maximum Gasteiger partial charge on any atom is 0.276 e. The van der Waals surface area contributed by atoms with E-state index in [-0.39, 0.29) is 40.5 Å². The third-order valence-electron chi connectivity index (χ3n) is 4.26. The van der Waals surface area contributed by atoms with Crippen LogP contribution in [0.1, 0.15) is 54.6 Å². The van der Waals surface area contributed by atoms with E-state index in [4.69, 9.17) is 0 Å². The zero-order valence-corrected chi connectivity index (χ0v) is 14.6. The van der Waals surface area contributed by atoms with Crippen molar-refractivity contribution in [1.82, 2.24) is 14.6 Å². The maximum absolute atomic E-state index is 14.4. The van der Waals surface area contributed by atoms with E-state index in [0.29, 0.717) is 16.8 Å². The van der Waals surface area contributed by atoms with Gasteiger partial charge in [0.05, 0.1) is 11.3 Å². The minimum atomic E-state index is -0.652. The Morgan fingerprint density at radius 1 is 1.42 bits per heavy atom. The number of fused-ring (bicyclic) bond motifs is 1. The number of H-pyrrole nitrogens is 1. The Bertz CT molecular complexity index is 1120. The third kappa shape index (κ3) is 2.69. The third-order valence-corrected chi connectivity index (χ3v) is 4.26. The fourth-order valence-corrected chi connectivity index (χ4v) is 2.93. The summed E-state index contributed by atoms with van der Waals surface area (Å²) < 4.78 is 15.6. The standard InChI is InChI=1S/C19H17FN4O2/c1-4-15(25)13-6-5-11(7-14(13)20)17-16(10(2)3)19(26)24-18(23-17)12(8-21)9-22-24/h5-7,9-10,22H,4H2,1-3H3. The molecule has 0 spiro atoms. The highest BCUT2D eigenvalue weighted by molar-refractivity contribution is 5.96. The fraction of sp³-hybridized carbons (Fsp3) is 0.263. The number of carbonyl (C=O) groups is 1. The van der Waals surface area contributed by atoms with E-state index in [1.165, 1.54) is 22.8 Å². The maximum atomic E-state index is 14.4. The van der Waals surface area contributed by atoms with Crippen LogP contribution < -0.4 is 5.56 Å². The van der Waals surface area contributed by atoms with Gasteiger partial charge in [0.25, 0.3) is 5.56 Å². The molecule has 3 aromatic rings. The van der Waals surface area contributed by atoms with Crippen LogP contribution in [-0.2, 0) is 0 Å². The van der Waals surface area contributed by atoms with E-state index in [2.05, 4.69) is 10.1 Å². The molecule has 0 fully saturated rings. The summed E-state index contributed by atoms with van der Waals surface area (Å²) in [4.78, 5) is 29.1. The normalized spacial score (nSPS) is 11.1. The number of nitrogens with one attached hydrogen (secondary N) is 1. The van der Waals surface area contributed by atoms with Crippen LogP contribution in [0.15, 0.2) is 29.2 Å². The average molecular weight is 352 g/mol. The second-order valence-corrected chi connectivity index (χ2v) is 6.26. The lowest BCUT2D eigenvalue weighted by Gasteiger charge is -2.13. The van der Waals surface area contributed by atoms with Gasteiger partial charge in [-0.2, -0.15) is 5.26 Å². The molecule has 26 heavy (non-hydrogen) atoms. The minimum absolute atomic E-state index is 0.0134. The summed E-state index contributed by atoms with van der Waals surface area (Å²) in [5, 5.41) is 11.9. The van der Waals surface area contributed by atoms with Crippen molar-refractivity contribution in [2.24, 2.45) is 0 Å². The number of rotatable bonds is 4. The molecular formula is C19H17FN4O2. The molecule has 0 radical (unpaired) electrons. The largest absolute Gasteiger partial charge is 0.295 e.